The summed E-state index contributed by atoms with van der Waals surface area (Å²) in [6, 6.07) is 26.4. The lowest BCUT2D eigenvalue weighted by molar-refractivity contribution is 0.415. The fraction of sp³-hybridized carbons (Fsp3) is 0.133. The number of methoxy groups -OCH3 is 2. The van der Waals surface area contributed by atoms with Crippen molar-refractivity contribution in [3.05, 3.63) is 95.2 Å². The van der Waals surface area contributed by atoms with Gasteiger partial charge in [-0.25, -0.2) is 5.43 Å². The van der Waals surface area contributed by atoms with E-state index in [-0.39, 0.29) is 5.95 Å². The van der Waals surface area contributed by atoms with Crippen molar-refractivity contribution < 1.29 is 9.47 Å². The summed E-state index contributed by atoms with van der Waals surface area (Å²) in [4.78, 5) is 16.4. The molecule has 0 fully saturated rings. The molecule has 2 heterocycles. The van der Waals surface area contributed by atoms with Crippen LogP contribution in [0.4, 0.5) is 40.6 Å². The van der Waals surface area contributed by atoms with Gasteiger partial charge in [0.1, 0.15) is 11.5 Å². The Bertz CT molecular complexity index is 1600. The topological polar surface area (TPSA) is 134 Å². The van der Waals surface area contributed by atoms with Crippen molar-refractivity contribution in [2.24, 2.45) is 15.3 Å². The molecule has 0 bridgehead atoms. The molecule has 13 heteroatoms. The second kappa shape index (κ2) is 13.9. The molecular formula is C30H30N10O2S. The Morgan fingerprint density at radius 1 is 0.721 bits per heavy atom. The molecule has 218 valence electrons. The van der Waals surface area contributed by atoms with Crippen LogP contribution in [-0.2, 0) is 0 Å². The van der Waals surface area contributed by atoms with Crippen LogP contribution in [0.15, 0.2) is 106 Å². The summed E-state index contributed by atoms with van der Waals surface area (Å²) in [6.07, 6.45) is 0. The molecule has 0 unspecified atom stereocenters. The van der Waals surface area contributed by atoms with Crippen LogP contribution in [0, 0.1) is 0 Å². The molecule has 0 saturated carbocycles. The molecule has 5 rings (SSSR count). The lowest BCUT2D eigenvalue weighted by Gasteiger charge is -2.11. The predicted octanol–water partition coefficient (Wildman–Crippen LogP) is 7.06. The molecule has 0 radical (unpaired) electrons. The first-order chi connectivity index (χ1) is 21.0. The minimum absolute atomic E-state index is 0.196. The fourth-order valence-corrected chi connectivity index (χ4v) is 4.36. The van der Waals surface area contributed by atoms with Gasteiger partial charge in [-0.05, 0) is 84.2 Å². The summed E-state index contributed by atoms with van der Waals surface area (Å²) in [5.74, 6) is 2.65. The molecular weight excluding hydrogens is 564 g/mol. The van der Waals surface area contributed by atoms with Gasteiger partial charge >= 0.3 is 0 Å². The number of nitrogens with zero attached hydrogens (tertiary/aromatic N) is 7. The third-order valence-electron chi connectivity index (χ3n) is 5.96. The quantitative estimate of drug-likeness (QED) is 0.0636. The van der Waals surface area contributed by atoms with E-state index in [9.17, 15) is 0 Å². The number of thiophene rings is 1. The molecule has 0 atom stereocenters. The molecule has 12 nitrogen and oxygen atoms in total. The third kappa shape index (κ3) is 8.01. The van der Waals surface area contributed by atoms with Crippen molar-refractivity contribution in [2.45, 2.75) is 0 Å². The molecule has 5 aromatic rings. The Morgan fingerprint density at radius 3 is 1.77 bits per heavy atom. The van der Waals surface area contributed by atoms with Gasteiger partial charge < -0.3 is 25.0 Å². The summed E-state index contributed by atoms with van der Waals surface area (Å²) in [5.41, 5.74) is 6.24. The van der Waals surface area contributed by atoms with Crippen LogP contribution >= 0.6 is 11.3 Å². The van der Waals surface area contributed by atoms with Crippen LogP contribution in [0.1, 0.15) is 4.88 Å². The van der Waals surface area contributed by atoms with Crippen molar-refractivity contribution in [2.75, 3.05) is 49.3 Å². The lowest BCUT2D eigenvalue weighted by Crippen LogP contribution is -2.08. The normalized spacial score (nSPS) is 11.3. The number of anilines is 6. The Balaban J connectivity index is 1.43. The van der Waals surface area contributed by atoms with E-state index in [0.717, 1.165) is 33.4 Å². The van der Waals surface area contributed by atoms with Crippen molar-refractivity contribution >= 4 is 57.8 Å². The molecule has 3 N–H and O–H groups in total. The molecule has 0 aliphatic rings. The van der Waals surface area contributed by atoms with Crippen LogP contribution in [0.25, 0.3) is 0 Å². The molecule has 0 amide bonds. The Morgan fingerprint density at radius 2 is 1.28 bits per heavy atom. The van der Waals surface area contributed by atoms with Gasteiger partial charge in [-0.2, -0.15) is 15.0 Å². The highest BCUT2D eigenvalue weighted by atomic mass is 32.1. The third-order valence-corrected chi connectivity index (χ3v) is 6.82. The first-order valence-corrected chi connectivity index (χ1v) is 14.0. The lowest BCUT2D eigenvalue weighted by atomic mass is 10.3. The van der Waals surface area contributed by atoms with E-state index in [0.29, 0.717) is 23.4 Å². The van der Waals surface area contributed by atoms with E-state index < -0.39 is 0 Å². The van der Waals surface area contributed by atoms with E-state index in [1.165, 1.54) is 11.3 Å². The van der Waals surface area contributed by atoms with Gasteiger partial charge in [0.15, 0.2) is 0 Å². The van der Waals surface area contributed by atoms with Crippen LogP contribution in [0.5, 0.6) is 11.5 Å². The average Bonchev–Trinajstić information content (AvgIpc) is 3.57. The van der Waals surface area contributed by atoms with Gasteiger partial charge in [0.2, 0.25) is 23.7 Å². The second-order valence-electron chi connectivity index (χ2n) is 9.15. The zero-order valence-electron chi connectivity index (χ0n) is 24.0. The van der Waals surface area contributed by atoms with Crippen molar-refractivity contribution in [3.8, 4) is 11.5 Å². The zero-order valence-corrected chi connectivity index (χ0v) is 24.8. The first-order valence-electron chi connectivity index (χ1n) is 13.1. The predicted molar refractivity (Wildman–Crippen MR) is 172 cm³/mol. The van der Waals surface area contributed by atoms with E-state index >= 15 is 0 Å². The highest BCUT2D eigenvalue weighted by molar-refractivity contribution is 7.12. The van der Waals surface area contributed by atoms with Gasteiger partial charge in [-0.1, -0.05) is 6.07 Å². The molecule has 3 aromatic carbocycles. The maximum absolute atomic E-state index is 5.26. The number of hydrogen-bond donors (Lipinski definition) is 3. The zero-order chi connectivity index (χ0) is 30.0. The number of aromatic nitrogens is 3. The van der Waals surface area contributed by atoms with Gasteiger partial charge in [0.05, 0.1) is 24.8 Å². The fourth-order valence-electron chi connectivity index (χ4n) is 3.70. The molecule has 0 aliphatic carbocycles. The second-order valence-corrected chi connectivity index (χ2v) is 10.1. The highest BCUT2D eigenvalue weighted by Gasteiger charge is 2.10. The average molecular weight is 595 g/mol. The maximum Gasteiger partial charge on any atom is 0.250 e. The Kier molecular flexibility index (Phi) is 9.34. The van der Waals surface area contributed by atoms with E-state index in [1.54, 1.807) is 14.2 Å². The molecule has 0 saturated heterocycles. The van der Waals surface area contributed by atoms with E-state index in [4.69, 9.17) is 9.47 Å². The van der Waals surface area contributed by atoms with Gasteiger partial charge in [0, 0.05) is 31.2 Å². The number of amidine groups is 1. The van der Waals surface area contributed by atoms with Gasteiger partial charge in [0.25, 0.3) is 0 Å². The van der Waals surface area contributed by atoms with Crippen LogP contribution < -0.4 is 30.4 Å². The van der Waals surface area contributed by atoms with Crippen LogP contribution in [0.3, 0.4) is 0 Å². The maximum atomic E-state index is 5.26. The SMILES string of the molecule is COc1ccc(Nc2nc(N/N=C(\N=Nc3ccc(N(C)C)cc3)c3cccs3)nc(Nc3ccc(OC)cc3)n2)cc1. The molecule has 0 spiro atoms. The molecule has 2 aromatic heterocycles. The largest absolute Gasteiger partial charge is 0.497 e. The number of benzene rings is 3. The van der Waals surface area contributed by atoms with Gasteiger partial charge in [-0.15, -0.1) is 26.7 Å². The summed E-state index contributed by atoms with van der Waals surface area (Å²) >= 11 is 1.49. The van der Waals surface area contributed by atoms with Crippen molar-refractivity contribution in [1.82, 2.24) is 15.0 Å². The first kappa shape index (κ1) is 29.0. The number of hydrogen-bond acceptors (Lipinski definition) is 12. The Hall–Kier alpha value is -5.56. The minimum atomic E-state index is 0.196. The summed E-state index contributed by atoms with van der Waals surface area (Å²) in [6.45, 7) is 0. The summed E-state index contributed by atoms with van der Waals surface area (Å²) < 4.78 is 10.5. The number of nitrogens with one attached hydrogen (secondary N) is 3. The van der Waals surface area contributed by atoms with E-state index in [2.05, 4.69) is 46.3 Å². The summed E-state index contributed by atoms with van der Waals surface area (Å²) in [7, 11) is 7.21. The molecule has 0 aliphatic heterocycles. The highest BCUT2D eigenvalue weighted by Crippen LogP contribution is 2.23. The van der Waals surface area contributed by atoms with Gasteiger partial charge in [-0.3, -0.25) is 0 Å². The monoisotopic (exact) mass is 594 g/mol. The summed E-state index contributed by atoms with van der Waals surface area (Å²) in [5, 5.41) is 21.7. The standard InChI is InChI=1S/C30H30N10O2S/c1-40(2)23-13-7-22(8-14-23)36-37-27(26-6-5-19-43-26)38-39-30-34-28(31-20-9-15-24(41-3)16-10-20)33-29(35-30)32-21-11-17-25(42-4)18-12-21/h5-19H,1-4H3,(H3,31,32,33,34,35,39)/b37-36?,38-27-. The molecule has 43 heavy (non-hydrogen) atoms. The Labute approximate surface area is 253 Å². The van der Waals surface area contributed by atoms with Crippen molar-refractivity contribution in [1.29, 1.82) is 0 Å². The van der Waals surface area contributed by atoms with Crippen LogP contribution in [0.2, 0.25) is 0 Å². The van der Waals surface area contributed by atoms with E-state index in [1.807, 2.05) is 109 Å². The number of hydrazone groups is 1. The number of ether oxygens (including phenoxy) is 2. The number of azo groups is 1. The van der Waals surface area contributed by atoms with Crippen LogP contribution in [-0.4, -0.2) is 49.1 Å². The smallest absolute Gasteiger partial charge is 0.250 e. The van der Waals surface area contributed by atoms with Crippen molar-refractivity contribution in [3.63, 3.8) is 0 Å². The number of rotatable bonds is 11. The minimum Gasteiger partial charge on any atom is -0.497 e.